The summed E-state index contributed by atoms with van der Waals surface area (Å²) >= 11 is -2.95. The molecule has 0 spiro atoms. The number of unbranched alkanes of at least 4 members (excludes halogenated alkanes) is 16. The molecule has 0 aliphatic heterocycles. The van der Waals surface area contributed by atoms with E-state index in [4.69, 9.17) is 9.47 Å². The first-order valence-electron chi connectivity index (χ1n) is 18.5. The number of carbonyl (C=O) groups excluding carboxylic acids is 2. The summed E-state index contributed by atoms with van der Waals surface area (Å²) in [6, 6.07) is 0. The van der Waals surface area contributed by atoms with Gasteiger partial charge in [-0.15, -0.1) is 0 Å². The third-order valence-corrected chi connectivity index (χ3v) is 38.2. The monoisotopic (exact) mass is 752 g/mol. The Kier molecular flexibility index (Phi) is 31.4. The van der Waals surface area contributed by atoms with E-state index in [0.717, 1.165) is 25.7 Å². The van der Waals surface area contributed by atoms with Gasteiger partial charge in [-0.1, -0.05) is 0 Å². The van der Waals surface area contributed by atoms with E-state index in [1.165, 1.54) is 124 Å². The van der Waals surface area contributed by atoms with E-state index in [2.05, 4.69) is 27.7 Å². The number of rotatable bonds is 32. The van der Waals surface area contributed by atoms with Crippen LogP contribution in [0.1, 0.15) is 183 Å². The van der Waals surface area contributed by atoms with Gasteiger partial charge in [0, 0.05) is 0 Å². The van der Waals surface area contributed by atoms with Crippen LogP contribution in [0.25, 0.3) is 0 Å². The van der Waals surface area contributed by atoms with E-state index in [0.29, 0.717) is 11.5 Å². The van der Waals surface area contributed by atoms with Crippen molar-refractivity contribution in [1.29, 1.82) is 0 Å². The first kappa shape index (κ1) is 43.4. The number of ether oxygens (including phenoxy) is 2. The average molecular weight is 752 g/mol. The Hall–Kier alpha value is 0.439. The molecule has 0 aromatic heterocycles. The first-order valence-corrected chi connectivity index (χ1v) is 31.5. The van der Waals surface area contributed by atoms with Crippen LogP contribution >= 0.6 is 17.9 Å². The van der Waals surface area contributed by atoms with Crippen LogP contribution in [0.5, 0.6) is 0 Å². The molecule has 0 N–H and O–H groups in total. The number of carbonyl (C=O) groups is 2. The Morgan fingerprint density at radius 2 is 0.791 bits per heavy atom. The topological polar surface area (TPSA) is 52.6 Å². The van der Waals surface area contributed by atoms with Crippen LogP contribution in [0.4, 0.5) is 0 Å². The standard InChI is InChI=1S/2C10H20O2S.2C8H17.Sn/c2*1-3-4-5-6-7-9(2)12-10(11)8-13;2*1-3-5-7-8-6-4-2;/h2*9,13H,3-8H2,1-2H3;2*1,3-8H2,2H3;/q;;;;+2/p-2. The fourth-order valence-corrected chi connectivity index (χ4v) is 32.4. The van der Waals surface area contributed by atoms with E-state index < -0.39 is 15.6 Å². The van der Waals surface area contributed by atoms with Gasteiger partial charge >= 0.3 is 280 Å². The summed E-state index contributed by atoms with van der Waals surface area (Å²) < 4.78 is 14.2. The van der Waals surface area contributed by atoms with Gasteiger partial charge in [0.2, 0.25) is 0 Å². The van der Waals surface area contributed by atoms with Crippen LogP contribution in [0.2, 0.25) is 8.87 Å². The minimum atomic E-state index is -2.95. The summed E-state index contributed by atoms with van der Waals surface area (Å²) in [7, 11) is 3.92. The zero-order valence-corrected chi connectivity index (χ0v) is 34.0. The number of hydrogen-bond acceptors (Lipinski definition) is 6. The fourth-order valence-electron chi connectivity index (χ4n) is 5.54. The summed E-state index contributed by atoms with van der Waals surface area (Å²) in [5.74, 6) is 0.807. The molecule has 43 heavy (non-hydrogen) atoms. The molecule has 0 amide bonds. The SMILES string of the molecule is CCCCCCC[CH2][Sn]([CH2]CCCCCCC)([S]CC(=O)OC(C)CCCCCC)[S]CC(=O)OC(C)CCCCCC. The molecule has 0 rings (SSSR count). The Morgan fingerprint density at radius 1 is 0.488 bits per heavy atom. The third-order valence-electron chi connectivity index (χ3n) is 8.32. The van der Waals surface area contributed by atoms with Gasteiger partial charge in [0.05, 0.1) is 0 Å². The second-order valence-electron chi connectivity index (χ2n) is 12.8. The summed E-state index contributed by atoms with van der Waals surface area (Å²) in [6.07, 6.45) is 27.0. The Labute approximate surface area is 278 Å². The predicted octanol–water partition coefficient (Wildman–Crippen LogP) is 12.4. The Bertz CT molecular complexity index is 595. The van der Waals surface area contributed by atoms with Crippen molar-refractivity contribution in [3.05, 3.63) is 0 Å². The summed E-state index contributed by atoms with van der Waals surface area (Å²) in [4.78, 5) is 26.0. The normalized spacial score (nSPS) is 13.2. The third kappa shape index (κ3) is 27.3. The second-order valence-corrected chi connectivity index (χ2v) is 39.2. The van der Waals surface area contributed by atoms with Gasteiger partial charge < -0.3 is 0 Å². The van der Waals surface area contributed by atoms with Gasteiger partial charge in [0.15, 0.2) is 0 Å². The average Bonchev–Trinajstić information content (AvgIpc) is 2.98. The Morgan fingerprint density at radius 3 is 1.14 bits per heavy atom. The van der Waals surface area contributed by atoms with E-state index in [1.54, 1.807) is 0 Å². The van der Waals surface area contributed by atoms with Gasteiger partial charge in [-0.25, -0.2) is 0 Å². The molecule has 0 radical (unpaired) electrons. The first-order chi connectivity index (χ1) is 20.8. The minimum absolute atomic E-state index is 0.00636. The summed E-state index contributed by atoms with van der Waals surface area (Å²) in [5.41, 5.74) is 0. The molecule has 7 heteroatoms. The van der Waals surface area contributed by atoms with E-state index >= 15 is 0 Å². The number of hydrogen-bond donors (Lipinski definition) is 0. The number of esters is 2. The van der Waals surface area contributed by atoms with Crippen molar-refractivity contribution in [2.75, 3.05) is 11.5 Å². The van der Waals surface area contributed by atoms with Gasteiger partial charge in [0.25, 0.3) is 0 Å². The van der Waals surface area contributed by atoms with Crippen LogP contribution in [-0.2, 0) is 19.1 Å². The van der Waals surface area contributed by atoms with Crippen LogP contribution in [0.3, 0.4) is 0 Å². The van der Waals surface area contributed by atoms with Crippen LogP contribution in [0.15, 0.2) is 0 Å². The van der Waals surface area contributed by atoms with Gasteiger partial charge in [-0.2, -0.15) is 0 Å². The van der Waals surface area contributed by atoms with E-state index in [9.17, 15) is 9.59 Å². The van der Waals surface area contributed by atoms with Crippen molar-refractivity contribution in [3.63, 3.8) is 0 Å². The van der Waals surface area contributed by atoms with Gasteiger partial charge in [-0.3, -0.25) is 0 Å². The summed E-state index contributed by atoms with van der Waals surface area (Å²) in [5, 5.41) is 0. The maximum absolute atomic E-state index is 13.0. The van der Waals surface area contributed by atoms with Crippen molar-refractivity contribution in [1.82, 2.24) is 0 Å². The van der Waals surface area contributed by atoms with Crippen molar-refractivity contribution in [2.24, 2.45) is 0 Å². The molecule has 0 bridgehead atoms. The zero-order chi connectivity index (χ0) is 32.0. The molecular formula is C36H72O4S2Sn. The predicted molar refractivity (Wildman–Crippen MR) is 196 cm³/mol. The molecule has 0 saturated heterocycles. The molecule has 0 saturated carbocycles. The summed E-state index contributed by atoms with van der Waals surface area (Å²) in [6.45, 7) is 13.1. The molecule has 0 heterocycles. The molecule has 256 valence electrons. The molecule has 0 aromatic carbocycles. The molecule has 2 atom stereocenters. The second kappa shape index (κ2) is 31.1. The van der Waals surface area contributed by atoms with Gasteiger partial charge in [-0.05, 0) is 0 Å². The van der Waals surface area contributed by atoms with Crippen LogP contribution in [0, 0.1) is 0 Å². The quantitative estimate of drug-likeness (QED) is 0.0388. The van der Waals surface area contributed by atoms with E-state index in [1.807, 2.05) is 31.7 Å². The molecule has 0 aliphatic carbocycles. The molecule has 0 aromatic rings. The molecular weight excluding hydrogens is 679 g/mol. The van der Waals surface area contributed by atoms with E-state index in [-0.39, 0.29) is 24.1 Å². The van der Waals surface area contributed by atoms with Gasteiger partial charge in [0.1, 0.15) is 0 Å². The van der Waals surface area contributed by atoms with Crippen LogP contribution < -0.4 is 0 Å². The van der Waals surface area contributed by atoms with Crippen molar-refractivity contribution < 1.29 is 19.1 Å². The van der Waals surface area contributed by atoms with Crippen molar-refractivity contribution in [2.45, 2.75) is 204 Å². The van der Waals surface area contributed by atoms with Crippen molar-refractivity contribution in [3.8, 4) is 0 Å². The fraction of sp³-hybridized carbons (Fsp3) is 0.944. The molecule has 0 fully saturated rings. The molecule has 0 aliphatic rings. The zero-order valence-electron chi connectivity index (χ0n) is 29.5. The molecule has 2 unspecified atom stereocenters. The Balaban J connectivity index is 5.31. The van der Waals surface area contributed by atoms with Crippen molar-refractivity contribution >= 4 is 45.4 Å². The van der Waals surface area contributed by atoms with Crippen LogP contribution in [-0.4, -0.2) is 51.3 Å². The maximum atomic E-state index is 13.0. The molecule has 4 nitrogen and oxygen atoms in total.